The zero-order valence-corrected chi connectivity index (χ0v) is 11.4. The molecule has 0 spiro atoms. The smallest absolute Gasteiger partial charge is 0.240 e. The normalized spacial score (nSPS) is 24.3. The van der Waals surface area contributed by atoms with Crippen LogP contribution in [0.25, 0.3) is 0 Å². The molecule has 1 amide bonds. The van der Waals surface area contributed by atoms with Crippen molar-refractivity contribution in [3.63, 3.8) is 0 Å². The summed E-state index contributed by atoms with van der Waals surface area (Å²) in [6, 6.07) is 0.295. The van der Waals surface area contributed by atoms with Crippen molar-refractivity contribution in [1.82, 2.24) is 9.99 Å². The van der Waals surface area contributed by atoms with Crippen LogP contribution in [-0.4, -0.2) is 29.4 Å². The molecule has 0 aromatic heterocycles. The van der Waals surface area contributed by atoms with Crippen molar-refractivity contribution in [1.29, 1.82) is 0 Å². The lowest BCUT2D eigenvalue weighted by atomic mass is 9.86. The first-order chi connectivity index (χ1) is 6.88. The van der Waals surface area contributed by atoms with Gasteiger partial charge in [-0.3, -0.25) is 9.88 Å². The minimum Gasteiger partial charge on any atom is -0.339 e. The number of rotatable bonds is 2. The highest BCUT2D eigenvalue weighted by molar-refractivity contribution is 7.13. The highest BCUT2D eigenvalue weighted by Crippen LogP contribution is 2.25. The lowest BCUT2D eigenvalue weighted by Gasteiger charge is -2.34. The van der Waals surface area contributed by atoms with Gasteiger partial charge in [0.05, 0.1) is 6.04 Å². The number of nitrogens with one attached hydrogen (secondary N) is 1. The molecule has 4 heteroatoms. The summed E-state index contributed by atoms with van der Waals surface area (Å²) in [6.45, 7) is 9.32. The number of carbonyl (C=O) groups excluding carboxylic acids is 1. The first-order valence-electron chi connectivity index (χ1n) is 5.64. The Hall–Kier alpha value is -0.140. The molecule has 1 rings (SSSR count). The second kappa shape index (κ2) is 4.80. The van der Waals surface area contributed by atoms with Gasteiger partial charge in [-0.1, -0.05) is 30.2 Å². The molecule has 3 atom stereocenters. The van der Waals surface area contributed by atoms with E-state index < -0.39 is 0 Å². The first-order valence-corrected chi connectivity index (χ1v) is 6.22. The fraction of sp³-hybridized carbons (Fsp3) is 0.909. The van der Waals surface area contributed by atoms with Crippen LogP contribution in [0.5, 0.6) is 0 Å². The molecular formula is C11H23N2OP. The topological polar surface area (TPSA) is 32.3 Å². The maximum atomic E-state index is 12.3. The summed E-state index contributed by atoms with van der Waals surface area (Å²) in [6.07, 6.45) is 2.28. The van der Waals surface area contributed by atoms with E-state index in [0.29, 0.717) is 6.04 Å². The molecule has 0 aromatic carbocycles. The Morgan fingerprint density at radius 1 is 1.53 bits per heavy atom. The summed E-state index contributed by atoms with van der Waals surface area (Å²) in [5.74, 6) is 0.238. The highest BCUT2D eigenvalue weighted by atomic mass is 31.0. The second-order valence-electron chi connectivity index (χ2n) is 5.49. The van der Waals surface area contributed by atoms with Gasteiger partial charge in [-0.15, -0.1) is 0 Å². The fourth-order valence-electron chi connectivity index (χ4n) is 2.12. The van der Waals surface area contributed by atoms with Crippen molar-refractivity contribution >= 4 is 15.3 Å². The summed E-state index contributed by atoms with van der Waals surface area (Å²) in [4.78, 5) is 14.3. The number of nitrogens with zero attached hydrogens (tertiary/aromatic N) is 1. The standard InChI is InChI=1S/C11H23N2OP/c1-8-6-5-7-13(8)10(14)9(12-15)11(2,3)4/h8-9,12H,5-7,15H2,1-4H3. The Kier molecular flexibility index (Phi) is 4.13. The Bertz CT molecular complexity index is 237. The number of carbonyl (C=O) groups is 1. The zero-order valence-electron chi connectivity index (χ0n) is 10.2. The predicted octanol–water partition coefficient (Wildman–Crippen LogP) is 1.79. The molecule has 15 heavy (non-hydrogen) atoms. The van der Waals surface area contributed by atoms with E-state index in [0.717, 1.165) is 19.4 Å². The van der Waals surface area contributed by atoms with Gasteiger partial charge in [-0.05, 0) is 25.2 Å². The van der Waals surface area contributed by atoms with Crippen LogP contribution in [0.3, 0.4) is 0 Å². The van der Waals surface area contributed by atoms with E-state index in [1.807, 2.05) is 4.90 Å². The Morgan fingerprint density at radius 3 is 2.47 bits per heavy atom. The third-order valence-corrected chi connectivity index (χ3v) is 3.45. The molecule has 1 fully saturated rings. The van der Waals surface area contributed by atoms with Gasteiger partial charge in [-0.25, -0.2) is 0 Å². The lowest BCUT2D eigenvalue weighted by molar-refractivity contribution is -0.135. The molecule has 1 heterocycles. The monoisotopic (exact) mass is 230 g/mol. The minimum absolute atomic E-state index is 0.0405. The van der Waals surface area contributed by atoms with Crippen molar-refractivity contribution in [3.05, 3.63) is 0 Å². The van der Waals surface area contributed by atoms with Gasteiger partial charge >= 0.3 is 0 Å². The van der Waals surface area contributed by atoms with Crippen LogP contribution in [0.15, 0.2) is 0 Å². The van der Waals surface area contributed by atoms with Crippen LogP contribution in [-0.2, 0) is 4.79 Å². The number of hydrogen-bond acceptors (Lipinski definition) is 2. The maximum Gasteiger partial charge on any atom is 0.240 e. The number of hydrogen-bond donors (Lipinski definition) is 1. The molecule has 1 aliphatic rings. The first kappa shape index (κ1) is 12.9. The summed E-state index contributed by atoms with van der Waals surface area (Å²) in [7, 11) is 2.47. The SMILES string of the molecule is CC1CCCN1C(=O)C(NP)C(C)(C)C. The molecule has 1 saturated heterocycles. The largest absolute Gasteiger partial charge is 0.339 e. The van der Waals surface area contributed by atoms with Crippen molar-refractivity contribution in [2.45, 2.75) is 52.6 Å². The highest BCUT2D eigenvalue weighted by Gasteiger charge is 2.36. The van der Waals surface area contributed by atoms with Gasteiger partial charge in [0.2, 0.25) is 5.91 Å². The lowest BCUT2D eigenvalue weighted by Crippen LogP contribution is -2.51. The molecule has 3 unspecified atom stereocenters. The van der Waals surface area contributed by atoms with Crippen molar-refractivity contribution in [3.8, 4) is 0 Å². The van der Waals surface area contributed by atoms with E-state index in [4.69, 9.17) is 0 Å². The van der Waals surface area contributed by atoms with Crippen LogP contribution in [0.1, 0.15) is 40.5 Å². The van der Waals surface area contributed by atoms with Gasteiger partial charge in [0.15, 0.2) is 0 Å². The Morgan fingerprint density at radius 2 is 2.13 bits per heavy atom. The summed E-state index contributed by atoms with van der Waals surface area (Å²) in [5.41, 5.74) is -0.0405. The molecule has 88 valence electrons. The minimum atomic E-state index is -0.108. The molecule has 0 bridgehead atoms. The van der Waals surface area contributed by atoms with E-state index in [9.17, 15) is 4.79 Å². The molecule has 3 nitrogen and oxygen atoms in total. The Labute approximate surface area is 95.2 Å². The van der Waals surface area contributed by atoms with E-state index in [-0.39, 0.29) is 17.4 Å². The van der Waals surface area contributed by atoms with Gasteiger partial charge < -0.3 is 4.90 Å². The molecule has 0 aromatic rings. The van der Waals surface area contributed by atoms with Crippen molar-refractivity contribution in [2.75, 3.05) is 6.54 Å². The van der Waals surface area contributed by atoms with Crippen LogP contribution < -0.4 is 5.09 Å². The quantitative estimate of drug-likeness (QED) is 0.733. The summed E-state index contributed by atoms with van der Waals surface area (Å²) < 4.78 is 0. The predicted molar refractivity (Wildman–Crippen MR) is 66.5 cm³/mol. The van der Waals surface area contributed by atoms with E-state index in [1.165, 1.54) is 0 Å². The molecule has 0 aliphatic carbocycles. The van der Waals surface area contributed by atoms with Crippen LogP contribution in [0, 0.1) is 5.41 Å². The van der Waals surface area contributed by atoms with Gasteiger partial charge in [-0.2, -0.15) is 0 Å². The van der Waals surface area contributed by atoms with Gasteiger partial charge in [0.25, 0.3) is 0 Å². The average molecular weight is 230 g/mol. The van der Waals surface area contributed by atoms with Crippen LogP contribution in [0.4, 0.5) is 0 Å². The number of amides is 1. The summed E-state index contributed by atoms with van der Waals surface area (Å²) >= 11 is 0. The van der Waals surface area contributed by atoms with Crippen LogP contribution in [0.2, 0.25) is 0 Å². The maximum absolute atomic E-state index is 12.3. The van der Waals surface area contributed by atoms with Gasteiger partial charge in [0, 0.05) is 12.6 Å². The molecule has 0 radical (unpaired) electrons. The fourth-order valence-corrected chi connectivity index (χ4v) is 2.76. The van der Waals surface area contributed by atoms with Crippen molar-refractivity contribution in [2.24, 2.45) is 5.41 Å². The summed E-state index contributed by atoms with van der Waals surface area (Å²) in [5, 5.41) is 3.06. The van der Waals surface area contributed by atoms with E-state index in [2.05, 4.69) is 42.2 Å². The second-order valence-corrected chi connectivity index (χ2v) is 5.82. The number of likely N-dealkylation sites (tertiary alicyclic amines) is 1. The third kappa shape index (κ3) is 2.92. The molecular weight excluding hydrogens is 207 g/mol. The molecule has 1 aliphatic heterocycles. The van der Waals surface area contributed by atoms with E-state index in [1.54, 1.807) is 0 Å². The van der Waals surface area contributed by atoms with Crippen molar-refractivity contribution < 1.29 is 4.79 Å². The van der Waals surface area contributed by atoms with Crippen LogP contribution >= 0.6 is 9.39 Å². The third-order valence-electron chi connectivity index (χ3n) is 3.12. The zero-order chi connectivity index (χ0) is 11.6. The molecule has 1 N–H and O–H groups in total. The van der Waals surface area contributed by atoms with Gasteiger partial charge in [0.1, 0.15) is 0 Å². The average Bonchev–Trinajstić information content (AvgIpc) is 2.49. The Balaban J connectivity index is 2.73. The molecule has 0 saturated carbocycles. The van der Waals surface area contributed by atoms with E-state index >= 15 is 0 Å².